The molecule has 17 heavy (non-hydrogen) atoms. The Morgan fingerprint density at radius 2 is 2.06 bits per heavy atom. The van der Waals surface area contributed by atoms with Gasteiger partial charge in [0.2, 0.25) is 5.91 Å². The van der Waals surface area contributed by atoms with Gasteiger partial charge in [-0.1, -0.05) is 19.3 Å². The fraction of sp³-hybridized carbons (Fsp3) is 0.923. The van der Waals surface area contributed by atoms with Crippen LogP contribution in [0.25, 0.3) is 0 Å². The van der Waals surface area contributed by atoms with Crippen molar-refractivity contribution < 1.29 is 9.90 Å². The minimum Gasteiger partial charge on any atom is -0.393 e. The Hall–Kier alpha value is -0.610. The predicted molar refractivity (Wildman–Crippen MR) is 68.8 cm³/mol. The molecule has 0 radical (unpaired) electrons. The van der Waals surface area contributed by atoms with Crippen molar-refractivity contribution in [3.63, 3.8) is 0 Å². The summed E-state index contributed by atoms with van der Waals surface area (Å²) in [6, 6.07) is 0.399. The van der Waals surface area contributed by atoms with Gasteiger partial charge in [-0.3, -0.25) is 4.79 Å². The molecule has 0 aromatic carbocycles. The van der Waals surface area contributed by atoms with E-state index in [0.29, 0.717) is 12.6 Å². The zero-order valence-corrected chi connectivity index (χ0v) is 10.9. The summed E-state index contributed by atoms with van der Waals surface area (Å²) in [5, 5.41) is 15.2. The number of hydrogen-bond donors (Lipinski definition) is 3. The number of hydrogen-bond acceptors (Lipinski definition) is 3. The maximum Gasteiger partial charge on any atom is 0.234 e. The number of carbonyl (C=O) groups is 1. The van der Waals surface area contributed by atoms with E-state index in [2.05, 4.69) is 10.6 Å². The standard InChI is InChI=1S/C13H26N2O2/c1-11(16)6-5-9-14-10-13(17)15-12-7-3-2-4-8-12/h11-12,14,16H,2-10H2,1H3,(H,15,17). The third-order valence-electron chi connectivity index (χ3n) is 3.23. The molecule has 0 aromatic rings. The van der Waals surface area contributed by atoms with Gasteiger partial charge in [0.1, 0.15) is 0 Å². The van der Waals surface area contributed by atoms with Crippen molar-refractivity contribution in [1.82, 2.24) is 10.6 Å². The number of aliphatic hydroxyl groups is 1. The molecule has 1 saturated carbocycles. The molecule has 1 atom stereocenters. The van der Waals surface area contributed by atoms with Gasteiger partial charge in [-0.15, -0.1) is 0 Å². The highest BCUT2D eigenvalue weighted by Crippen LogP contribution is 2.16. The topological polar surface area (TPSA) is 61.4 Å². The number of rotatable bonds is 7. The Balaban J connectivity index is 1.97. The van der Waals surface area contributed by atoms with Crippen molar-refractivity contribution >= 4 is 5.91 Å². The third kappa shape index (κ3) is 7.34. The summed E-state index contributed by atoms with van der Waals surface area (Å²) in [6.45, 7) is 2.98. The summed E-state index contributed by atoms with van der Waals surface area (Å²) in [7, 11) is 0. The molecule has 1 rings (SSSR count). The van der Waals surface area contributed by atoms with Gasteiger partial charge in [-0.2, -0.15) is 0 Å². The lowest BCUT2D eigenvalue weighted by atomic mass is 9.95. The summed E-state index contributed by atoms with van der Waals surface area (Å²) in [4.78, 5) is 11.6. The van der Waals surface area contributed by atoms with Crippen molar-refractivity contribution in [3.05, 3.63) is 0 Å². The Labute approximate surface area is 104 Å². The van der Waals surface area contributed by atoms with Gasteiger partial charge in [0.05, 0.1) is 12.6 Å². The average Bonchev–Trinajstić information content (AvgIpc) is 2.29. The van der Waals surface area contributed by atoms with Gasteiger partial charge in [0.25, 0.3) is 0 Å². The molecule has 4 nitrogen and oxygen atoms in total. The van der Waals surface area contributed by atoms with E-state index in [4.69, 9.17) is 5.11 Å². The zero-order chi connectivity index (χ0) is 12.5. The van der Waals surface area contributed by atoms with Crippen molar-refractivity contribution in [2.24, 2.45) is 0 Å². The first-order valence-corrected chi connectivity index (χ1v) is 6.86. The fourth-order valence-corrected chi connectivity index (χ4v) is 2.25. The lowest BCUT2D eigenvalue weighted by molar-refractivity contribution is -0.121. The van der Waals surface area contributed by atoms with Crippen LogP contribution in [-0.4, -0.2) is 36.2 Å². The molecule has 0 bridgehead atoms. The maximum atomic E-state index is 11.6. The zero-order valence-electron chi connectivity index (χ0n) is 10.9. The molecule has 1 unspecified atom stereocenters. The first-order chi connectivity index (χ1) is 8.18. The van der Waals surface area contributed by atoms with Crippen LogP contribution in [0, 0.1) is 0 Å². The molecule has 100 valence electrons. The summed E-state index contributed by atoms with van der Waals surface area (Å²) < 4.78 is 0. The Kier molecular flexibility index (Phi) is 7.21. The summed E-state index contributed by atoms with van der Waals surface area (Å²) in [5.74, 6) is 0.106. The molecule has 1 fully saturated rings. The summed E-state index contributed by atoms with van der Waals surface area (Å²) in [6.07, 6.45) is 7.52. The lowest BCUT2D eigenvalue weighted by Crippen LogP contribution is -2.41. The van der Waals surface area contributed by atoms with Gasteiger partial charge in [0.15, 0.2) is 0 Å². The van der Waals surface area contributed by atoms with Crippen LogP contribution in [0.3, 0.4) is 0 Å². The van der Waals surface area contributed by atoms with Crippen molar-refractivity contribution in [1.29, 1.82) is 0 Å². The molecule has 3 N–H and O–H groups in total. The molecule has 0 saturated heterocycles. The minimum atomic E-state index is -0.243. The second-order valence-electron chi connectivity index (χ2n) is 5.07. The number of amides is 1. The monoisotopic (exact) mass is 242 g/mol. The van der Waals surface area contributed by atoms with Crippen LogP contribution in [0.4, 0.5) is 0 Å². The first-order valence-electron chi connectivity index (χ1n) is 6.86. The largest absolute Gasteiger partial charge is 0.393 e. The van der Waals surface area contributed by atoms with Crippen LogP contribution in [-0.2, 0) is 4.79 Å². The molecule has 1 amide bonds. The van der Waals surface area contributed by atoms with Crippen molar-refractivity contribution in [2.45, 2.75) is 64.0 Å². The van der Waals surface area contributed by atoms with E-state index in [1.165, 1.54) is 19.3 Å². The molecule has 1 aliphatic rings. The highest BCUT2D eigenvalue weighted by Gasteiger charge is 2.14. The lowest BCUT2D eigenvalue weighted by Gasteiger charge is -2.22. The van der Waals surface area contributed by atoms with Crippen LogP contribution < -0.4 is 10.6 Å². The third-order valence-corrected chi connectivity index (χ3v) is 3.23. The predicted octanol–water partition coefficient (Wildman–Crippen LogP) is 1.19. The Morgan fingerprint density at radius 1 is 1.35 bits per heavy atom. The summed E-state index contributed by atoms with van der Waals surface area (Å²) in [5.41, 5.74) is 0. The van der Waals surface area contributed by atoms with Gasteiger partial charge in [0, 0.05) is 6.04 Å². The van der Waals surface area contributed by atoms with Gasteiger partial charge in [-0.05, 0) is 39.2 Å². The smallest absolute Gasteiger partial charge is 0.234 e. The second kappa shape index (κ2) is 8.48. The number of nitrogens with one attached hydrogen (secondary N) is 2. The highest BCUT2D eigenvalue weighted by molar-refractivity contribution is 5.78. The highest BCUT2D eigenvalue weighted by atomic mass is 16.3. The van der Waals surface area contributed by atoms with Crippen LogP contribution in [0.5, 0.6) is 0 Å². The Bertz CT molecular complexity index is 213. The molecule has 0 spiro atoms. The maximum absolute atomic E-state index is 11.6. The fourth-order valence-electron chi connectivity index (χ4n) is 2.25. The Morgan fingerprint density at radius 3 is 2.71 bits per heavy atom. The van der Waals surface area contributed by atoms with Crippen molar-refractivity contribution in [3.8, 4) is 0 Å². The van der Waals surface area contributed by atoms with Crippen molar-refractivity contribution in [2.75, 3.05) is 13.1 Å². The van der Waals surface area contributed by atoms with E-state index in [1.54, 1.807) is 6.92 Å². The molecule has 0 aromatic heterocycles. The quantitative estimate of drug-likeness (QED) is 0.588. The molecular formula is C13H26N2O2. The van der Waals surface area contributed by atoms with Crippen LogP contribution in [0.15, 0.2) is 0 Å². The van der Waals surface area contributed by atoms with E-state index < -0.39 is 0 Å². The first kappa shape index (κ1) is 14.5. The molecule has 0 aliphatic heterocycles. The van der Waals surface area contributed by atoms with Crippen LogP contribution in [0.2, 0.25) is 0 Å². The van der Waals surface area contributed by atoms with Gasteiger partial charge in [-0.25, -0.2) is 0 Å². The van der Waals surface area contributed by atoms with E-state index in [9.17, 15) is 4.79 Å². The molecule has 0 heterocycles. The molecular weight excluding hydrogens is 216 g/mol. The van der Waals surface area contributed by atoms with Gasteiger partial charge >= 0.3 is 0 Å². The van der Waals surface area contributed by atoms with E-state index in [1.807, 2.05) is 0 Å². The van der Waals surface area contributed by atoms with Gasteiger partial charge < -0.3 is 15.7 Å². The summed E-state index contributed by atoms with van der Waals surface area (Å²) >= 11 is 0. The van der Waals surface area contributed by atoms with E-state index >= 15 is 0 Å². The van der Waals surface area contributed by atoms with E-state index in [-0.39, 0.29) is 12.0 Å². The van der Waals surface area contributed by atoms with Crippen LogP contribution in [0.1, 0.15) is 51.9 Å². The molecule has 4 heteroatoms. The van der Waals surface area contributed by atoms with E-state index in [0.717, 1.165) is 32.2 Å². The SMILES string of the molecule is CC(O)CCCNCC(=O)NC1CCCCC1. The number of carbonyl (C=O) groups excluding carboxylic acids is 1. The average molecular weight is 242 g/mol. The minimum absolute atomic E-state index is 0.106. The normalized spacial score (nSPS) is 18.9. The van der Waals surface area contributed by atoms with Crippen LogP contribution >= 0.6 is 0 Å². The molecule has 1 aliphatic carbocycles. The number of aliphatic hydroxyl groups excluding tert-OH is 1. The second-order valence-corrected chi connectivity index (χ2v) is 5.07.